The van der Waals surface area contributed by atoms with Gasteiger partial charge in [0.1, 0.15) is 4.91 Å². The van der Waals surface area contributed by atoms with E-state index in [0.29, 0.717) is 32.6 Å². The first-order valence-electron chi connectivity index (χ1n) is 10.7. The summed E-state index contributed by atoms with van der Waals surface area (Å²) in [6.07, 6.45) is 3.55. The van der Waals surface area contributed by atoms with Crippen molar-refractivity contribution in [2.24, 2.45) is 0 Å². The summed E-state index contributed by atoms with van der Waals surface area (Å²) in [5, 5.41) is 19.9. The van der Waals surface area contributed by atoms with Crippen LogP contribution in [-0.4, -0.2) is 30.8 Å². The van der Waals surface area contributed by atoms with Gasteiger partial charge in [0.2, 0.25) is 5.16 Å². The third kappa shape index (κ3) is 5.29. The van der Waals surface area contributed by atoms with E-state index in [1.54, 1.807) is 30.3 Å². The summed E-state index contributed by atoms with van der Waals surface area (Å²) in [6.45, 7) is 0.505. The number of benzene rings is 3. The van der Waals surface area contributed by atoms with Gasteiger partial charge in [0.05, 0.1) is 0 Å². The Balaban J connectivity index is 1.47. The number of thioether (sulfide) groups is 1. The molecule has 3 aromatic carbocycles. The number of halogens is 3. The highest BCUT2D eigenvalue weighted by Gasteiger charge is 2.17. The molecular formula is C26H17Cl3N4O2S. The van der Waals surface area contributed by atoms with Gasteiger partial charge in [-0.15, -0.1) is 5.10 Å². The Kier molecular flexibility index (Phi) is 7.07. The molecule has 0 bridgehead atoms. The molecule has 0 aliphatic rings. The zero-order valence-electron chi connectivity index (χ0n) is 18.5. The lowest BCUT2D eigenvalue weighted by molar-refractivity contribution is -0.131. The molecule has 0 aliphatic heterocycles. The Morgan fingerprint density at radius 3 is 2.53 bits per heavy atom. The molecule has 0 fully saturated rings. The Hall–Kier alpha value is -3.23. The van der Waals surface area contributed by atoms with Crippen LogP contribution in [0.15, 0.2) is 83.0 Å². The van der Waals surface area contributed by atoms with Gasteiger partial charge < -0.3 is 9.67 Å². The molecule has 0 atom stereocenters. The van der Waals surface area contributed by atoms with E-state index in [-0.39, 0.29) is 4.91 Å². The predicted molar refractivity (Wildman–Crippen MR) is 146 cm³/mol. The summed E-state index contributed by atoms with van der Waals surface area (Å²) in [5.41, 5.74) is 3.41. The summed E-state index contributed by atoms with van der Waals surface area (Å²) in [5.74, 6) is -0.550. The van der Waals surface area contributed by atoms with Gasteiger partial charge in [-0.05, 0) is 65.9 Å². The quantitative estimate of drug-likeness (QED) is 0.159. The number of H-pyrrole nitrogens is 1. The molecule has 2 N–H and O–H groups in total. The predicted octanol–water partition coefficient (Wildman–Crippen LogP) is 7.65. The summed E-state index contributed by atoms with van der Waals surface area (Å²) in [7, 11) is 0. The van der Waals surface area contributed by atoms with Crippen LogP contribution < -0.4 is 0 Å². The molecule has 0 spiro atoms. The Labute approximate surface area is 225 Å². The van der Waals surface area contributed by atoms with E-state index in [4.69, 9.17) is 34.8 Å². The van der Waals surface area contributed by atoms with E-state index < -0.39 is 5.97 Å². The molecule has 2 aromatic heterocycles. The summed E-state index contributed by atoms with van der Waals surface area (Å²) >= 11 is 19.4. The minimum Gasteiger partial charge on any atom is -0.477 e. The molecule has 0 aliphatic carbocycles. The van der Waals surface area contributed by atoms with Gasteiger partial charge in [-0.1, -0.05) is 59.1 Å². The van der Waals surface area contributed by atoms with Crippen LogP contribution in [0, 0.1) is 0 Å². The van der Waals surface area contributed by atoms with E-state index in [1.165, 1.54) is 0 Å². The number of rotatable bonds is 7. The lowest BCUT2D eigenvalue weighted by Gasteiger charge is -2.08. The number of nitrogens with one attached hydrogen (secondary N) is 1. The van der Waals surface area contributed by atoms with Crippen molar-refractivity contribution < 1.29 is 9.90 Å². The highest BCUT2D eigenvalue weighted by atomic mass is 35.5. The highest BCUT2D eigenvalue weighted by molar-refractivity contribution is 8.04. The maximum Gasteiger partial charge on any atom is 0.342 e. The molecule has 2 heterocycles. The second kappa shape index (κ2) is 10.4. The Morgan fingerprint density at radius 1 is 1.03 bits per heavy atom. The van der Waals surface area contributed by atoms with Crippen molar-refractivity contribution in [3.8, 4) is 11.4 Å². The number of aliphatic carboxylic acids is 1. The molecular weight excluding hydrogens is 539 g/mol. The first-order chi connectivity index (χ1) is 17.4. The van der Waals surface area contributed by atoms with Crippen molar-refractivity contribution in [3.63, 3.8) is 0 Å². The minimum atomic E-state index is -1.07. The van der Waals surface area contributed by atoms with E-state index >= 15 is 0 Å². The first kappa shape index (κ1) is 24.5. The third-order valence-electron chi connectivity index (χ3n) is 5.46. The maximum atomic E-state index is 12.1. The summed E-state index contributed by atoms with van der Waals surface area (Å²) in [4.78, 5) is 16.6. The number of hydrogen-bond donors (Lipinski definition) is 2. The zero-order valence-corrected chi connectivity index (χ0v) is 21.5. The number of carboxylic acid groups (broad SMARTS) is 1. The first-order valence-corrected chi connectivity index (χ1v) is 12.7. The SMILES string of the molecule is O=C(O)/C(=C/c1cn(Cc2ccc(Cl)cc2Cl)c2ccccc12)Sc1n[nH]c(-c2ccc(Cl)cc2)n1. The van der Waals surface area contributed by atoms with Crippen LogP contribution in [0.3, 0.4) is 0 Å². The standard InChI is InChI=1S/C26H17Cl3N4O2S/c27-18-8-5-15(6-9-18)24-30-26(32-31-24)36-23(25(34)35)11-17-14-33(22-4-2-1-3-20(17)22)13-16-7-10-19(28)12-21(16)29/h1-12,14H,13H2,(H,34,35)(H,30,31,32)/b23-11-. The average molecular weight is 556 g/mol. The van der Waals surface area contributed by atoms with Crippen molar-refractivity contribution in [2.45, 2.75) is 11.7 Å². The van der Waals surface area contributed by atoms with Crippen molar-refractivity contribution >= 4 is 69.5 Å². The monoisotopic (exact) mass is 554 g/mol. The number of fused-ring (bicyclic) bond motifs is 1. The molecule has 0 radical (unpaired) electrons. The fourth-order valence-corrected chi connectivity index (χ4v) is 5.05. The van der Waals surface area contributed by atoms with Crippen molar-refractivity contribution in [1.29, 1.82) is 0 Å². The molecule has 36 heavy (non-hydrogen) atoms. The van der Waals surface area contributed by atoms with Gasteiger partial charge in [0.15, 0.2) is 5.82 Å². The molecule has 0 amide bonds. The average Bonchev–Trinajstić information content (AvgIpc) is 3.46. The number of hydrogen-bond acceptors (Lipinski definition) is 4. The smallest absolute Gasteiger partial charge is 0.342 e. The lowest BCUT2D eigenvalue weighted by Crippen LogP contribution is -1.99. The second-order valence-electron chi connectivity index (χ2n) is 7.85. The van der Waals surface area contributed by atoms with Crippen LogP contribution in [0.4, 0.5) is 0 Å². The van der Waals surface area contributed by atoms with Crippen LogP contribution in [0.25, 0.3) is 28.4 Å². The normalized spacial score (nSPS) is 11.8. The number of nitrogens with zero attached hydrogens (tertiary/aromatic N) is 3. The maximum absolute atomic E-state index is 12.1. The van der Waals surface area contributed by atoms with Crippen LogP contribution >= 0.6 is 46.6 Å². The molecule has 5 aromatic rings. The fourth-order valence-electron chi connectivity index (χ4n) is 3.76. The summed E-state index contributed by atoms with van der Waals surface area (Å²) in [6, 6.07) is 20.3. The van der Waals surface area contributed by atoms with Crippen LogP contribution in [0.1, 0.15) is 11.1 Å². The van der Waals surface area contributed by atoms with Gasteiger partial charge in [-0.3, -0.25) is 5.10 Å². The van der Waals surface area contributed by atoms with Crippen molar-refractivity contribution in [1.82, 2.24) is 19.7 Å². The van der Waals surface area contributed by atoms with Crippen LogP contribution in [0.2, 0.25) is 15.1 Å². The minimum absolute atomic E-state index is 0.0871. The molecule has 180 valence electrons. The highest BCUT2D eigenvalue weighted by Crippen LogP contribution is 2.32. The summed E-state index contributed by atoms with van der Waals surface area (Å²) < 4.78 is 2.03. The van der Waals surface area contributed by atoms with Crippen LogP contribution in [0.5, 0.6) is 0 Å². The van der Waals surface area contributed by atoms with Crippen LogP contribution in [-0.2, 0) is 11.3 Å². The fraction of sp³-hybridized carbons (Fsp3) is 0.0385. The van der Waals surface area contributed by atoms with Gasteiger partial charge in [-0.25, -0.2) is 9.78 Å². The molecule has 10 heteroatoms. The molecule has 0 unspecified atom stereocenters. The van der Waals surface area contributed by atoms with E-state index in [2.05, 4.69) is 15.2 Å². The molecule has 0 saturated heterocycles. The van der Waals surface area contributed by atoms with E-state index in [1.807, 2.05) is 53.2 Å². The molecule has 0 saturated carbocycles. The van der Waals surface area contributed by atoms with E-state index in [9.17, 15) is 9.90 Å². The number of carbonyl (C=O) groups is 1. The largest absolute Gasteiger partial charge is 0.477 e. The van der Waals surface area contributed by atoms with Gasteiger partial charge in [-0.2, -0.15) is 0 Å². The van der Waals surface area contributed by atoms with Gasteiger partial charge in [0.25, 0.3) is 0 Å². The number of aromatic nitrogens is 4. The third-order valence-corrected chi connectivity index (χ3v) is 7.17. The second-order valence-corrected chi connectivity index (χ2v) is 10.1. The topological polar surface area (TPSA) is 83.8 Å². The molecule has 5 rings (SSSR count). The van der Waals surface area contributed by atoms with Gasteiger partial charge in [0, 0.05) is 49.8 Å². The van der Waals surface area contributed by atoms with Crippen molar-refractivity contribution in [2.75, 3.05) is 0 Å². The molecule has 6 nitrogen and oxygen atoms in total. The Morgan fingerprint density at radius 2 is 1.78 bits per heavy atom. The van der Waals surface area contributed by atoms with Crippen molar-refractivity contribution in [3.05, 3.63) is 104 Å². The number of carboxylic acids is 1. The van der Waals surface area contributed by atoms with Gasteiger partial charge >= 0.3 is 5.97 Å². The Bertz CT molecular complexity index is 1610. The van der Waals surface area contributed by atoms with E-state index in [0.717, 1.165) is 39.4 Å². The lowest BCUT2D eigenvalue weighted by atomic mass is 10.1. The zero-order chi connectivity index (χ0) is 25.2. The number of aromatic amines is 1. The number of para-hydroxylation sites is 1.